The predicted octanol–water partition coefficient (Wildman–Crippen LogP) is 3.43. The SMILES string of the molecule is CC(CNc1ccc(C(N)=S)cc1Cl)C1CC1. The molecule has 17 heavy (non-hydrogen) atoms. The summed E-state index contributed by atoms with van der Waals surface area (Å²) in [6.45, 7) is 3.25. The zero-order valence-electron chi connectivity index (χ0n) is 9.87. The van der Waals surface area contributed by atoms with Crippen LogP contribution in [-0.4, -0.2) is 11.5 Å². The second-order valence-corrected chi connectivity index (χ2v) is 5.60. The normalized spacial score (nSPS) is 16.6. The van der Waals surface area contributed by atoms with Crippen molar-refractivity contribution in [3.05, 3.63) is 28.8 Å². The molecule has 1 unspecified atom stereocenters. The molecule has 2 nitrogen and oxygen atoms in total. The van der Waals surface area contributed by atoms with Crippen LogP contribution in [0.1, 0.15) is 25.3 Å². The molecular weight excluding hydrogens is 252 g/mol. The number of benzene rings is 1. The third kappa shape index (κ3) is 3.33. The molecule has 1 aromatic rings. The summed E-state index contributed by atoms with van der Waals surface area (Å²) < 4.78 is 0. The Balaban J connectivity index is 1.98. The van der Waals surface area contributed by atoms with E-state index in [1.165, 1.54) is 12.8 Å². The lowest BCUT2D eigenvalue weighted by Crippen LogP contribution is -2.14. The van der Waals surface area contributed by atoms with Crippen LogP contribution >= 0.6 is 23.8 Å². The Bertz CT molecular complexity index is 429. The number of hydrogen-bond acceptors (Lipinski definition) is 2. The molecule has 0 amide bonds. The van der Waals surface area contributed by atoms with Crippen LogP contribution < -0.4 is 11.1 Å². The van der Waals surface area contributed by atoms with Gasteiger partial charge in [-0.3, -0.25) is 0 Å². The van der Waals surface area contributed by atoms with E-state index in [4.69, 9.17) is 29.6 Å². The summed E-state index contributed by atoms with van der Waals surface area (Å²) in [7, 11) is 0. The van der Waals surface area contributed by atoms with Crippen LogP contribution in [0.5, 0.6) is 0 Å². The molecule has 0 bridgehead atoms. The van der Waals surface area contributed by atoms with Crippen LogP contribution in [0.3, 0.4) is 0 Å². The third-order valence-electron chi connectivity index (χ3n) is 3.29. The van der Waals surface area contributed by atoms with E-state index in [-0.39, 0.29) is 0 Å². The van der Waals surface area contributed by atoms with Crippen molar-refractivity contribution in [2.45, 2.75) is 19.8 Å². The van der Waals surface area contributed by atoms with E-state index in [1.807, 2.05) is 18.2 Å². The molecule has 4 heteroatoms. The summed E-state index contributed by atoms with van der Waals surface area (Å²) in [4.78, 5) is 0.379. The molecule has 2 rings (SSSR count). The van der Waals surface area contributed by atoms with Gasteiger partial charge in [-0.1, -0.05) is 30.7 Å². The highest BCUT2D eigenvalue weighted by Gasteiger charge is 2.27. The molecule has 1 saturated carbocycles. The quantitative estimate of drug-likeness (QED) is 0.804. The van der Waals surface area contributed by atoms with Crippen LogP contribution in [0, 0.1) is 11.8 Å². The second-order valence-electron chi connectivity index (χ2n) is 4.75. The Hall–Kier alpha value is -0.800. The number of halogens is 1. The van der Waals surface area contributed by atoms with E-state index in [0.717, 1.165) is 23.7 Å². The summed E-state index contributed by atoms with van der Waals surface area (Å²) in [5.41, 5.74) is 7.32. The van der Waals surface area contributed by atoms with E-state index in [1.54, 1.807) is 0 Å². The highest BCUT2D eigenvalue weighted by Crippen LogP contribution is 2.36. The maximum Gasteiger partial charge on any atom is 0.104 e. The first-order valence-corrected chi connectivity index (χ1v) is 6.70. The average molecular weight is 269 g/mol. The lowest BCUT2D eigenvalue weighted by molar-refractivity contribution is 0.536. The fraction of sp³-hybridized carbons (Fsp3) is 0.462. The first kappa shape index (κ1) is 12.7. The van der Waals surface area contributed by atoms with Gasteiger partial charge in [0.1, 0.15) is 4.99 Å². The predicted molar refractivity (Wildman–Crippen MR) is 77.7 cm³/mol. The highest BCUT2D eigenvalue weighted by molar-refractivity contribution is 7.80. The van der Waals surface area contributed by atoms with Crippen molar-refractivity contribution in [1.29, 1.82) is 0 Å². The number of hydrogen-bond donors (Lipinski definition) is 2. The Morgan fingerprint density at radius 1 is 1.59 bits per heavy atom. The third-order valence-corrected chi connectivity index (χ3v) is 3.84. The number of anilines is 1. The van der Waals surface area contributed by atoms with Gasteiger partial charge < -0.3 is 11.1 Å². The minimum absolute atomic E-state index is 0.379. The van der Waals surface area contributed by atoms with Crippen LogP contribution in [0.15, 0.2) is 18.2 Å². The molecule has 0 aromatic heterocycles. The van der Waals surface area contributed by atoms with Crippen LogP contribution in [0.25, 0.3) is 0 Å². The number of nitrogens with two attached hydrogens (primary N) is 1. The van der Waals surface area contributed by atoms with Crippen molar-refractivity contribution >= 4 is 34.5 Å². The maximum absolute atomic E-state index is 6.17. The Morgan fingerprint density at radius 2 is 2.29 bits per heavy atom. The van der Waals surface area contributed by atoms with E-state index < -0.39 is 0 Å². The number of thiocarbonyl (C=S) groups is 1. The molecule has 1 atom stereocenters. The monoisotopic (exact) mass is 268 g/mol. The van der Waals surface area contributed by atoms with Crippen LogP contribution in [0.2, 0.25) is 5.02 Å². The molecule has 1 aromatic carbocycles. The molecule has 1 aliphatic rings. The second kappa shape index (κ2) is 5.23. The molecule has 3 N–H and O–H groups in total. The standard InChI is InChI=1S/C13H17ClN2S/c1-8(9-2-3-9)7-16-12-5-4-10(13(15)17)6-11(12)14/h4-6,8-9,16H,2-3,7H2,1H3,(H2,15,17). The van der Waals surface area contributed by atoms with Crippen molar-refractivity contribution < 1.29 is 0 Å². The molecule has 0 saturated heterocycles. The molecule has 0 heterocycles. The van der Waals surface area contributed by atoms with Gasteiger partial charge in [0.25, 0.3) is 0 Å². The summed E-state index contributed by atoms with van der Waals surface area (Å²) in [5.74, 6) is 1.61. The zero-order valence-corrected chi connectivity index (χ0v) is 11.4. The summed E-state index contributed by atoms with van der Waals surface area (Å²) in [5, 5.41) is 4.06. The summed E-state index contributed by atoms with van der Waals surface area (Å²) in [6, 6.07) is 5.66. The lowest BCUT2D eigenvalue weighted by atomic mass is 10.1. The van der Waals surface area contributed by atoms with Crippen LogP contribution in [0.4, 0.5) is 5.69 Å². The fourth-order valence-corrected chi connectivity index (χ4v) is 2.29. The largest absolute Gasteiger partial charge is 0.389 e. The van der Waals surface area contributed by atoms with Gasteiger partial charge >= 0.3 is 0 Å². The minimum Gasteiger partial charge on any atom is -0.389 e. The van der Waals surface area contributed by atoms with Crippen molar-refractivity contribution in [1.82, 2.24) is 0 Å². The first-order valence-electron chi connectivity index (χ1n) is 5.91. The van der Waals surface area contributed by atoms with Gasteiger partial charge in [-0.2, -0.15) is 0 Å². The Labute approximate surface area is 113 Å². The van der Waals surface area contributed by atoms with Crippen molar-refractivity contribution in [3.8, 4) is 0 Å². The van der Waals surface area contributed by atoms with Gasteiger partial charge in [0.05, 0.1) is 10.7 Å². The maximum atomic E-state index is 6.17. The van der Waals surface area contributed by atoms with Gasteiger partial charge in [0, 0.05) is 12.1 Å². The zero-order chi connectivity index (χ0) is 12.4. The number of nitrogens with one attached hydrogen (secondary N) is 1. The highest BCUT2D eigenvalue weighted by atomic mass is 35.5. The van der Waals surface area contributed by atoms with Gasteiger partial charge in [0.2, 0.25) is 0 Å². The van der Waals surface area contributed by atoms with E-state index in [9.17, 15) is 0 Å². The van der Waals surface area contributed by atoms with Crippen LogP contribution in [-0.2, 0) is 0 Å². The molecular formula is C13H17ClN2S. The Morgan fingerprint density at radius 3 is 2.82 bits per heavy atom. The van der Waals surface area contributed by atoms with E-state index >= 15 is 0 Å². The first-order chi connectivity index (χ1) is 8.08. The van der Waals surface area contributed by atoms with Crippen molar-refractivity contribution in [2.75, 3.05) is 11.9 Å². The van der Waals surface area contributed by atoms with Crippen molar-refractivity contribution in [2.24, 2.45) is 17.6 Å². The molecule has 92 valence electrons. The number of rotatable bonds is 5. The smallest absolute Gasteiger partial charge is 0.104 e. The average Bonchev–Trinajstić information content (AvgIpc) is 3.10. The summed E-state index contributed by atoms with van der Waals surface area (Å²) in [6.07, 6.45) is 2.74. The Kier molecular flexibility index (Phi) is 3.89. The van der Waals surface area contributed by atoms with Gasteiger partial charge in [0.15, 0.2) is 0 Å². The van der Waals surface area contributed by atoms with Gasteiger partial charge in [-0.25, -0.2) is 0 Å². The molecule has 0 radical (unpaired) electrons. The minimum atomic E-state index is 0.379. The molecule has 0 spiro atoms. The fourth-order valence-electron chi connectivity index (χ4n) is 1.91. The molecule has 0 aliphatic heterocycles. The van der Waals surface area contributed by atoms with Crippen molar-refractivity contribution in [3.63, 3.8) is 0 Å². The summed E-state index contributed by atoms with van der Waals surface area (Å²) >= 11 is 11.1. The van der Waals surface area contributed by atoms with E-state index in [2.05, 4.69) is 12.2 Å². The molecule has 1 aliphatic carbocycles. The van der Waals surface area contributed by atoms with Gasteiger partial charge in [-0.15, -0.1) is 0 Å². The topological polar surface area (TPSA) is 38.0 Å². The van der Waals surface area contributed by atoms with Gasteiger partial charge in [-0.05, 0) is 42.9 Å². The molecule has 1 fully saturated rings. The lowest BCUT2D eigenvalue weighted by Gasteiger charge is -2.14. The van der Waals surface area contributed by atoms with E-state index in [0.29, 0.717) is 15.9 Å².